The van der Waals surface area contributed by atoms with Crippen molar-refractivity contribution in [2.24, 2.45) is 0 Å². The van der Waals surface area contributed by atoms with Crippen molar-refractivity contribution in [3.05, 3.63) is 35.9 Å². The second-order valence-electron chi connectivity index (χ2n) is 6.88. The lowest BCUT2D eigenvalue weighted by Crippen LogP contribution is -2.56. The van der Waals surface area contributed by atoms with Gasteiger partial charge >= 0.3 is 0 Å². The van der Waals surface area contributed by atoms with E-state index in [0.717, 1.165) is 44.8 Å². The van der Waals surface area contributed by atoms with Gasteiger partial charge in [-0.2, -0.15) is 0 Å². The molecule has 0 aromatic heterocycles. The van der Waals surface area contributed by atoms with Crippen LogP contribution in [0.3, 0.4) is 0 Å². The molecular formula is C19H29N3O3. The summed E-state index contributed by atoms with van der Waals surface area (Å²) in [5.74, 6) is 0.213. The molecule has 0 aliphatic carbocycles. The van der Waals surface area contributed by atoms with Crippen LogP contribution in [0.15, 0.2) is 30.3 Å². The number of hydrogen-bond acceptors (Lipinski definition) is 5. The Kier molecular flexibility index (Phi) is 6.42. The van der Waals surface area contributed by atoms with Crippen LogP contribution in [0, 0.1) is 0 Å². The molecule has 2 aliphatic rings. The van der Waals surface area contributed by atoms with E-state index >= 15 is 0 Å². The molecule has 3 rings (SSSR count). The summed E-state index contributed by atoms with van der Waals surface area (Å²) in [6, 6.07) is 9.68. The van der Waals surface area contributed by atoms with Gasteiger partial charge in [-0.3, -0.25) is 14.6 Å². The first-order chi connectivity index (χ1) is 12.1. The summed E-state index contributed by atoms with van der Waals surface area (Å²) in [7, 11) is 0. The monoisotopic (exact) mass is 347 g/mol. The molecule has 0 bridgehead atoms. The van der Waals surface area contributed by atoms with Gasteiger partial charge < -0.3 is 14.7 Å². The highest BCUT2D eigenvalue weighted by Gasteiger charge is 2.29. The molecule has 0 unspecified atom stereocenters. The molecule has 2 saturated heterocycles. The predicted molar refractivity (Wildman–Crippen MR) is 96.3 cm³/mol. The van der Waals surface area contributed by atoms with Crippen molar-refractivity contribution in [2.75, 3.05) is 59.0 Å². The number of amides is 1. The number of hydrogen-bond donors (Lipinski definition) is 1. The third-order valence-electron chi connectivity index (χ3n) is 5.25. The lowest BCUT2D eigenvalue weighted by molar-refractivity contribution is -0.140. The third-order valence-corrected chi connectivity index (χ3v) is 5.25. The lowest BCUT2D eigenvalue weighted by atomic mass is 10.1. The van der Waals surface area contributed by atoms with Crippen molar-refractivity contribution >= 4 is 5.91 Å². The zero-order chi connectivity index (χ0) is 17.6. The van der Waals surface area contributed by atoms with E-state index in [-0.39, 0.29) is 11.9 Å². The van der Waals surface area contributed by atoms with Gasteiger partial charge in [0, 0.05) is 45.8 Å². The molecule has 0 saturated carbocycles. The topological polar surface area (TPSA) is 56.2 Å². The van der Waals surface area contributed by atoms with Gasteiger partial charge in [0.25, 0.3) is 0 Å². The van der Waals surface area contributed by atoms with Gasteiger partial charge in [-0.05, 0) is 12.5 Å². The highest BCUT2D eigenvalue weighted by molar-refractivity contribution is 5.81. The van der Waals surface area contributed by atoms with Crippen LogP contribution in [0.4, 0.5) is 0 Å². The molecule has 1 amide bonds. The summed E-state index contributed by atoms with van der Waals surface area (Å²) in [6.07, 6.45) is -0.476. The molecule has 1 aromatic carbocycles. The Balaban J connectivity index is 1.45. The van der Waals surface area contributed by atoms with Crippen molar-refractivity contribution in [2.45, 2.75) is 19.1 Å². The Morgan fingerprint density at radius 2 is 1.72 bits per heavy atom. The van der Waals surface area contributed by atoms with E-state index in [1.165, 1.54) is 0 Å². The Labute approximate surface area is 150 Å². The number of piperazine rings is 1. The van der Waals surface area contributed by atoms with Gasteiger partial charge in [0.15, 0.2) is 0 Å². The van der Waals surface area contributed by atoms with E-state index in [9.17, 15) is 9.90 Å². The Morgan fingerprint density at radius 1 is 1.08 bits per heavy atom. The van der Waals surface area contributed by atoms with Gasteiger partial charge in [0.2, 0.25) is 5.91 Å². The number of morpholine rings is 1. The molecule has 25 heavy (non-hydrogen) atoms. The van der Waals surface area contributed by atoms with Crippen LogP contribution in [0.1, 0.15) is 18.6 Å². The highest BCUT2D eigenvalue weighted by atomic mass is 16.5. The van der Waals surface area contributed by atoms with Gasteiger partial charge in [0.1, 0.15) is 0 Å². The maximum absolute atomic E-state index is 12.7. The summed E-state index contributed by atoms with van der Waals surface area (Å²) in [5, 5.41) is 10.4. The van der Waals surface area contributed by atoms with Crippen molar-refractivity contribution in [1.29, 1.82) is 0 Å². The quantitative estimate of drug-likeness (QED) is 0.845. The van der Waals surface area contributed by atoms with Gasteiger partial charge in [-0.25, -0.2) is 0 Å². The van der Waals surface area contributed by atoms with Gasteiger partial charge in [-0.15, -0.1) is 0 Å². The summed E-state index contributed by atoms with van der Waals surface area (Å²) in [5.41, 5.74) is 0.946. The maximum atomic E-state index is 12.7. The van der Waals surface area contributed by atoms with Crippen LogP contribution in [-0.4, -0.2) is 90.8 Å². The number of aliphatic hydroxyl groups is 1. The van der Waals surface area contributed by atoms with E-state index in [1.807, 2.05) is 42.2 Å². The van der Waals surface area contributed by atoms with Crippen LogP contribution < -0.4 is 0 Å². The second-order valence-corrected chi connectivity index (χ2v) is 6.88. The van der Waals surface area contributed by atoms with Crippen LogP contribution in [-0.2, 0) is 9.53 Å². The Morgan fingerprint density at radius 3 is 2.36 bits per heavy atom. The molecule has 2 heterocycles. The van der Waals surface area contributed by atoms with E-state index in [1.54, 1.807) is 0 Å². The fourth-order valence-corrected chi connectivity index (χ4v) is 3.56. The number of carbonyl (C=O) groups excluding carboxylic acids is 1. The first kappa shape index (κ1) is 18.3. The second kappa shape index (κ2) is 8.76. The molecule has 1 N–H and O–H groups in total. The van der Waals surface area contributed by atoms with Crippen molar-refractivity contribution in [3.8, 4) is 0 Å². The molecule has 2 atom stereocenters. The predicted octanol–water partition coefficient (Wildman–Crippen LogP) is 0.585. The molecule has 2 fully saturated rings. The van der Waals surface area contributed by atoms with E-state index < -0.39 is 6.10 Å². The molecular weight excluding hydrogens is 318 g/mol. The summed E-state index contributed by atoms with van der Waals surface area (Å²) in [4.78, 5) is 19.1. The molecule has 0 radical (unpaired) electrons. The van der Waals surface area contributed by atoms with E-state index in [0.29, 0.717) is 19.8 Å². The number of aliphatic hydroxyl groups excluding tert-OH is 1. The first-order valence-electron chi connectivity index (χ1n) is 9.21. The fraction of sp³-hybridized carbons (Fsp3) is 0.632. The summed E-state index contributed by atoms with van der Waals surface area (Å²) < 4.78 is 5.37. The zero-order valence-corrected chi connectivity index (χ0v) is 15.0. The number of nitrogens with zero attached hydrogens (tertiary/aromatic N) is 3. The van der Waals surface area contributed by atoms with Gasteiger partial charge in [-0.1, -0.05) is 30.3 Å². The highest BCUT2D eigenvalue weighted by Crippen LogP contribution is 2.16. The van der Waals surface area contributed by atoms with Crippen LogP contribution in [0.2, 0.25) is 0 Å². The van der Waals surface area contributed by atoms with Crippen molar-refractivity contribution < 1.29 is 14.6 Å². The Bertz CT molecular complexity index is 540. The average Bonchev–Trinajstić information content (AvgIpc) is 2.69. The number of ether oxygens (including phenoxy) is 1. The fourth-order valence-electron chi connectivity index (χ4n) is 3.56. The molecule has 1 aromatic rings. The van der Waals surface area contributed by atoms with Gasteiger partial charge in [0.05, 0.1) is 25.4 Å². The SMILES string of the molecule is C[C@H](C(=O)N1CCN(C[C@H](O)c2ccccc2)CC1)N1CCOCC1. The molecule has 6 heteroatoms. The minimum Gasteiger partial charge on any atom is -0.387 e. The minimum absolute atomic E-state index is 0.0784. The number of benzene rings is 1. The molecule has 0 spiro atoms. The number of rotatable bonds is 5. The first-order valence-corrected chi connectivity index (χ1v) is 9.21. The molecule has 6 nitrogen and oxygen atoms in total. The van der Waals surface area contributed by atoms with E-state index in [2.05, 4.69) is 9.80 Å². The summed E-state index contributed by atoms with van der Waals surface area (Å²) in [6.45, 7) is 8.78. The summed E-state index contributed by atoms with van der Waals surface area (Å²) >= 11 is 0. The third kappa shape index (κ3) is 4.79. The normalized spacial score (nSPS) is 22.6. The van der Waals surface area contributed by atoms with E-state index in [4.69, 9.17) is 4.74 Å². The standard InChI is InChI=1S/C19H29N3O3/c1-16(21-11-13-25-14-12-21)19(24)22-9-7-20(8-10-22)15-18(23)17-5-3-2-4-6-17/h2-6,16,18,23H,7-15H2,1H3/t16-,18+/m1/s1. The molecule has 138 valence electrons. The van der Waals surface area contributed by atoms with Crippen LogP contribution in [0.5, 0.6) is 0 Å². The zero-order valence-electron chi connectivity index (χ0n) is 15.0. The lowest BCUT2D eigenvalue weighted by Gasteiger charge is -2.39. The number of carbonyl (C=O) groups is 1. The average molecular weight is 347 g/mol. The minimum atomic E-state index is -0.476. The molecule has 2 aliphatic heterocycles. The van der Waals surface area contributed by atoms with Crippen LogP contribution in [0.25, 0.3) is 0 Å². The van der Waals surface area contributed by atoms with Crippen molar-refractivity contribution in [3.63, 3.8) is 0 Å². The Hall–Kier alpha value is -1.47. The van der Waals surface area contributed by atoms with Crippen molar-refractivity contribution in [1.82, 2.24) is 14.7 Å². The largest absolute Gasteiger partial charge is 0.387 e. The smallest absolute Gasteiger partial charge is 0.239 e. The maximum Gasteiger partial charge on any atom is 0.239 e. The van der Waals surface area contributed by atoms with Crippen LogP contribution >= 0.6 is 0 Å². The number of β-amino-alcohol motifs (C(OH)–C–C–N with tert-alkyl or cyclic N) is 1.